The molecular formula is C21H23FN4O2. The molecule has 0 saturated carbocycles. The van der Waals surface area contributed by atoms with Gasteiger partial charge >= 0.3 is 0 Å². The Morgan fingerprint density at radius 3 is 2.43 bits per heavy atom. The third-order valence-electron chi connectivity index (χ3n) is 4.72. The van der Waals surface area contributed by atoms with Crippen molar-refractivity contribution < 1.29 is 9.18 Å². The molecule has 1 atom stereocenters. The van der Waals surface area contributed by atoms with Crippen LogP contribution in [0, 0.1) is 12.7 Å². The molecule has 1 amide bonds. The number of carbonyl (C=O) groups excluding carboxylic acids is 1. The average molecular weight is 382 g/mol. The highest BCUT2D eigenvalue weighted by atomic mass is 19.1. The molecule has 3 rings (SSSR count). The van der Waals surface area contributed by atoms with Crippen molar-refractivity contribution in [3.63, 3.8) is 0 Å². The molecule has 3 aromatic rings. The fourth-order valence-corrected chi connectivity index (χ4v) is 3.20. The van der Waals surface area contributed by atoms with Gasteiger partial charge in [-0.1, -0.05) is 30.3 Å². The van der Waals surface area contributed by atoms with Crippen LogP contribution in [-0.4, -0.2) is 41.2 Å². The summed E-state index contributed by atoms with van der Waals surface area (Å²) in [6.07, 6.45) is 0. The minimum Gasteiger partial charge on any atom is -0.353 e. The van der Waals surface area contributed by atoms with Crippen molar-refractivity contribution in [2.45, 2.75) is 19.5 Å². The average Bonchev–Trinajstić information content (AvgIpc) is 2.67. The molecule has 146 valence electrons. The van der Waals surface area contributed by atoms with Crippen molar-refractivity contribution in [1.82, 2.24) is 20.0 Å². The lowest BCUT2D eigenvalue weighted by molar-refractivity contribution is -0.122. The molecule has 6 nitrogen and oxygen atoms in total. The Hall–Kier alpha value is -3.06. The van der Waals surface area contributed by atoms with E-state index in [-0.39, 0.29) is 29.9 Å². The van der Waals surface area contributed by atoms with E-state index in [9.17, 15) is 14.0 Å². The molecule has 0 aliphatic rings. The van der Waals surface area contributed by atoms with Crippen molar-refractivity contribution in [1.29, 1.82) is 0 Å². The summed E-state index contributed by atoms with van der Waals surface area (Å²) in [5, 5.41) is 8.44. The highest BCUT2D eigenvalue weighted by Gasteiger charge is 2.16. The maximum atomic E-state index is 13.2. The van der Waals surface area contributed by atoms with E-state index < -0.39 is 0 Å². The van der Waals surface area contributed by atoms with Crippen LogP contribution in [0.15, 0.2) is 53.3 Å². The first-order valence-corrected chi connectivity index (χ1v) is 9.02. The Kier molecular flexibility index (Phi) is 5.84. The molecule has 1 unspecified atom stereocenters. The number of nitrogens with one attached hydrogen (secondary N) is 1. The van der Waals surface area contributed by atoms with E-state index in [0.29, 0.717) is 17.6 Å². The van der Waals surface area contributed by atoms with Crippen LogP contribution in [0.25, 0.3) is 10.8 Å². The number of nitrogens with zero attached hydrogens (tertiary/aromatic N) is 3. The van der Waals surface area contributed by atoms with Gasteiger partial charge in [-0.15, -0.1) is 0 Å². The van der Waals surface area contributed by atoms with Gasteiger partial charge in [-0.2, -0.15) is 5.10 Å². The zero-order valence-electron chi connectivity index (χ0n) is 16.1. The van der Waals surface area contributed by atoms with Gasteiger partial charge < -0.3 is 10.2 Å². The van der Waals surface area contributed by atoms with Gasteiger partial charge in [0.15, 0.2) is 0 Å². The van der Waals surface area contributed by atoms with Crippen molar-refractivity contribution in [3.8, 4) is 0 Å². The summed E-state index contributed by atoms with van der Waals surface area (Å²) in [5.74, 6) is -0.611. The summed E-state index contributed by atoms with van der Waals surface area (Å²) in [4.78, 5) is 27.0. The fraction of sp³-hybridized carbons (Fsp3) is 0.286. The highest BCUT2D eigenvalue weighted by Crippen LogP contribution is 2.17. The second-order valence-electron chi connectivity index (χ2n) is 6.93. The van der Waals surface area contributed by atoms with Gasteiger partial charge in [0.25, 0.3) is 5.56 Å². The first kappa shape index (κ1) is 19.7. The smallest absolute Gasteiger partial charge is 0.275 e. The van der Waals surface area contributed by atoms with E-state index >= 15 is 0 Å². The number of hydrogen-bond acceptors (Lipinski definition) is 4. The molecule has 0 saturated heterocycles. The van der Waals surface area contributed by atoms with Crippen LogP contribution >= 0.6 is 0 Å². The number of amides is 1. The van der Waals surface area contributed by atoms with Crippen LogP contribution in [0.3, 0.4) is 0 Å². The van der Waals surface area contributed by atoms with Gasteiger partial charge in [0, 0.05) is 11.9 Å². The number of aromatic nitrogens is 2. The van der Waals surface area contributed by atoms with E-state index in [2.05, 4.69) is 10.4 Å². The lowest BCUT2D eigenvalue weighted by atomic mass is 10.1. The number of fused-ring (bicyclic) bond motifs is 1. The van der Waals surface area contributed by atoms with E-state index in [4.69, 9.17) is 0 Å². The standard InChI is InChI=1S/C21H23FN4O2/c1-14-17-6-4-5-7-18(17)21(28)26(24-14)13-20(27)23-12-19(25(2)3)15-8-10-16(22)11-9-15/h4-11,19H,12-13H2,1-3H3,(H,23,27). The Morgan fingerprint density at radius 2 is 1.79 bits per heavy atom. The Morgan fingerprint density at radius 1 is 1.14 bits per heavy atom. The molecule has 0 radical (unpaired) electrons. The molecule has 1 aromatic heterocycles. The van der Waals surface area contributed by atoms with Crippen molar-refractivity contribution in [3.05, 3.63) is 76.0 Å². The maximum Gasteiger partial charge on any atom is 0.275 e. The van der Waals surface area contributed by atoms with Gasteiger partial charge in [0.2, 0.25) is 5.91 Å². The van der Waals surface area contributed by atoms with Crippen LogP contribution in [0.5, 0.6) is 0 Å². The molecule has 0 fully saturated rings. The third-order valence-corrected chi connectivity index (χ3v) is 4.72. The van der Waals surface area contributed by atoms with E-state index in [1.54, 1.807) is 24.3 Å². The SMILES string of the molecule is Cc1nn(CC(=O)NCC(c2ccc(F)cc2)N(C)C)c(=O)c2ccccc12. The van der Waals surface area contributed by atoms with Gasteiger partial charge in [0.1, 0.15) is 12.4 Å². The molecule has 1 heterocycles. The predicted octanol–water partition coefficient (Wildman–Crippen LogP) is 2.26. The number of likely N-dealkylation sites (N-methyl/N-ethyl adjacent to an activating group) is 1. The second kappa shape index (κ2) is 8.31. The minimum absolute atomic E-state index is 0.118. The summed E-state index contributed by atoms with van der Waals surface area (Å²) in [7, 11) is 3.78. The lowest BCUT2D eigenvalue weighted by Gasteiger charge is -2.25. The Labute approximate surface area is 162 Å². The van der Waals surface area contributed by atoms with Crippen molar-refractivity contribution >= 4 is 16.7 Å². The molecule has 0 aliphatic carbocycles. The largest absolute Gasteiger partial charge is 0.353 e. The molecule has 28 heavy (non-hydrogen) atoms. The molecule has 1 N–H and O–H groups in total. The van der Waals surface area contributed by atoms with Gasteiger partial charge in [0.05, 0.1) is 17.1 Å². The Balaban J connectivity index is 1.73. The quantitative estimate of drug-likeness (QED) is 0.710. The van der Waals surface area contributed by atoms with Crippen LogP contribution < -0.4 is 10.9 Å². The van der Waals surface area contributed by atoms with Crippen LogP contribution in [-0.2, 0) is 11.3 Å². The normalized spacial score (nSPS) is 12.3. The van der Waals surface area contributed by atoms with Crippen LogP contribution in [0.1, 0.15) is 17.3 Å². The summed E-state index contributed by atoms with van der Waals surface area (Å²) < 4.78 is 14.4. The molecule has 2 aromatic carbocycles. The Bertz CT molecular complexity index is 1040. The van der Waals surface area contributed by atoms with Gasteiger partial charge in [-0.25, -0.2) is 9.07 Å². The molecule has 0 aliphatic heterocycles. The summed E-state index contributed by atoms with van der Waals surface area (Å²) in [6, 6.07) is 13.3. The molecule has 0 spiro atoms. The van der Waals surface area contributed by atoms with Crippen molar-refractivity contribution in [2.75, 3.05) is 20.6 Å². The number of hydrogen-bond donors (Lipinski definition) is 1. The number of rotatable bonds is 6. The van der Waals surface area contributed by atoms with Crippen molar-refractivity contribution in [2.24, 2.45) is 0 Å². The summed E-state index contributed by atoms with van der Waals surface area (Å²) >= 11 is 0. The lowest BCUT2D eigenvalue weighted by Crippen LogP contribution is -2.38. The number of benzene rings is 2. The molecule has 0 bridgehead atoms. The summed E-state index contributed by atoms with van der Waals surface area (Å²) in [5.41, 5.74) is 1.29. The zero-order valence-corrected chi connectivity index (χ0v) is 16.1. The predicted molar refractivity (Wildman–Crippen MR) is 107 cm³/mol. The first-order valence-electron chi connectivity index (χ1n) is 9.02. The topological polar surface area (TPSA) is 67.2 Å². The maximum absolute atomic E-state index is 13.2. The number of aryl methyl sites for hydroxylation is 1. The number of carbonyl (C=O) groups is 1. The number of halogens is 1. The van der Waals surface area contributed by atoms with Crippen LogP contribution in [0.2, 0.25) is 0 Å². The molecule has 7 heteroatoms. The monoisotopic (exact) mass is 382 g/mol. The van der Waals surface area contributed by atoms with E-state index in [0.717, 1.165) is 10.9 Å². The zero-order chi connectivity index (χ0) is 20.3. The minimum atomic E-state index is -0.307. The first-order chi connectivity index (χ1) is 13.4. The van der Waals surface area contributed by atoms with E-state index in [1.807, 2.05) is 38.1 Å². The van der Waals surface area contributed by atoms with Crippen LogP contribution in [0.4, 0.5) is 4.39 Å². The second-order valence-corrected chi connectivity index (χ2v) is 6.93. The van der Waals surface area contributed by atoms with Gasteiger partial charge in [-0.3, -0.25) is 9.59 Å². The summed E-state index contributed by atoms with van der Waals surface area (Å²) in [6.45, 7) is 1.99. The third kappa shape index (κ3) is 4.26. The molecular weight excluding hydrogens is 359 g/mol. The van der Waals surface area contributed by atoms with E-state index in [1.165, 1.54) is 16.8 Å². The van der Waals surface area contributed by atoms with Gasteiger partial charge in [-0.05, 0) is 44.8 Å². The highest BCUT2D eigenvalue weighted by molar-refractivity contribution is 5.83. The fourth-order valence-electron chi connectivity index (χ4n) is 3.20.